The number of nitriles is 1. The van der Waals surface area contributed by atoms with Crippen molar-refractivity contribution in [2.75, 3.05) is 0 Å². The smallest absolute Gasteiger partial charge is 0.163 e. The maximum absolute atomic E-state index is 9.20. The highest BCUT2D eigenvalue weighted by atomic mass is 15.3. The summed E-state index contributed by atoms with van der Waals surface area (Å²) in [6.07, 6.45) is 0. The van der Waals surface area contributed by atoms with E-state index in [2.05, 4.69) is 49.3 Å². The molecule has 0 unspecified atom stereocenters. The molecule has 3 heteroatoms. The summed E-state index contributed by atoms with van der Waals surface area (Å²) in [6, 6.07) is 18.4. The second-order valence-corrected chi connectivity index (χ2v) is 5.58. The van der Waals surface area contributed by atoms with Crippen LogP contribution in [-0.4, -0.2) is 9.78 Å². The quantitative estimate of drug-likeness (QED) is 0.703. The molecule has 0 aliphatic heterocycles. The van der Waals surface area contributed by atoms with Gasteiger partial charge in [-0.15, -0.1) is 0 Å². The van der Waals surface area contributed by atoms with Crippen molar-refractivity contribution in [3.8, 4) is 23.0 Å². The molecule has 0 amide bonds. The minimum Gasteiger partial charge on any atom is -0.232 e. The van der Waals surface area contributed by atoms with Crippen molar-refractivity contribution in [2.45, 2.75) is 20.8 Å². The van der Waals surface area contributed by atoms with Gasteiger partial charge in [0.15, 0.2) is 5.69 Å². The molecule has 0 fully saturated rings. The predicted molar refractivity (Wildman–Crippen MR) is 87.9 cm³/mol. The van der Waals surface area contributed by atoms with Crippen LogP contribution in [0.3, 0.4) is 0 Å². The number of aromatic nitrogens is 2. The van der Waals surface area contributed by atoms with Crippen LogP contribution in [0.15, 0.2) is 48.5 Å². The van der Waals surface area contributed by atoms with Crippen LogP contribution in [0.1, 0.15) is 22.4 Å². The summed E-state index contributed by atoms with van der Waals surface area (Å²) in [5.74, 6) is 0. The lowest BCUT2D eigenvalue weighted by atomic mass is 10.0. The number of nitrogens with zero attached hydrogens (tertiary/aromatic N) is 3. The SMILES string of the molecule is Cc1cccc(-n2nc(C#N)cc2-c2ccc(C)c(C)c2)c1. The van der Waals surface area contributed by atoms with Gasteiger partial charge in [-0.2, -0.15) is 10.4 Å². The average Bonchev–Trinajstić information content (AvgIpc) is 2.94. The molecule has 0 N–H and O–H groups in total. The van der Waals surface area contributed by atoms with Gasteiger partial charge in [0.1, 0.15) is 6.07 Å². The number of benzene rings is 2. The van der Waals surface area contributed by atoms with Gasteiger partial charge in [-0.1, -0.05) is 24.3 Å². The summed E-state index contributed by atoms with van der Waals surface area (Å²) in [6.45, 7) is 6.24. The molecule has 0 saturated carbocycles. The summed E-state index contributed by atoms with van der Waals surface area (Å²) in [5, 5.41) is 13.6. The summed E-state index contributed by atoms with van der Waals surface area (Å²) >= 11 is 0. The van der Waals surface area contributed by atoms with E-state index >= 15 is 0 Å². The summed E-state index contributed by atoms with van der Waals surface area (Å²) in [5.41, 5.74) is 7.05. The van der Waals surface area contributed by atoms with Gasteiger partial charge in [-0.25, -0.2) is 4.68 Å². The van der Waals surface area contributed by atoms with Gasteiger partial charge >= 0.3 is 0 Å². The molecule has 0 saturated heterocycles. The van der Waals surface area contributed by atoms with Gasteiger partial charge in [0, 0.05) is 11.6 Å². The maximum Gasteiger partial charge on any atom is 0.163 e. The highest BCUT2D eigenvalue weighted by Crippen LogP contribution is 2.26. The molecule has 1 heterocycles. The third-order valence-electron chi connectivity index (χ3n) is 3.87. The molecule has 22 heavy (non-hydrogen) atoms. The van der Waals surface area contributed by atoms with E-state index in [0.29, 0.717) is 5.69 Å². The second-order valence-electron chi connectivity index (χ2n) is 5.58. The van der Waals surface area contributed by atoms with Crippen LogP contribution in [0.5, 0.6) is 0 Å². The molecular weight excluding hydrogens is 270 g/mol. The molecule has 0 aliphatic carbocycles. The molecule has 0 spiro atoms. The first-order valence-electron chi connectivity index (χ1n) is 7.23. The highest BCUT2D eigenvalue weighted by Gasteiger charge is 2.12. The first-order chi connectivity index (χ1) is 10.6. The van der Waals surface area contributed by atoms with Crippen molar-refractivity contribution < 1.29 is 0 Å². The van der Waals surface area contributed by atoms with Crippen LogP contribution in [0, 0.1) is 32.1 Å². The molecule has 0 radical (unpaired) electrons. The molecule has 1 aromatic heterocycles. The van der Waals surface area contributed by atoms with Crippen molar-refractivity contribution in [3.05, 3.63) is 70.9 Å². The molecule has 3 nitrogen and oxygen atoms in total. The van der Waals surface area contributed by atoms with Crippen molar-refractivity contribution in [1.82, 2.24) is 9.78 Å². The van der Waals surface area contributed by atoms with E-state index in [4.69, 9.17) is 0 Å². The number of rotatable bonds is 2. The number of hydrogen-bond donors (Lipinski definition) is 0. The molecule has 0 aliphatic rings. The van der Waals surface area contributed by atoms with E-state index < -0.39 is 0 Å². The van der Waals surface area contributed by atoms with E-state index in [1.807, 2.05) is 35.9 Å². The highest BCUT2D eigenvalue weighted by molar-refractivity contribution is 5.65. The van der Waals surface area contributed by atoms with Crippen molar-refractivity contribution in [2.24, 2.45) is 0 Å². The maximum atomic E-state index is 9.20. The molecule has 108 valence electrons. The van der Waals surface area contributed by atoms with Gasteiger partial charge in [0.05, 0.1) is 11.4 Å². The summed E-state index contributed by atoms with van der Waals surface area (Å²) in [4.78, 5) is 0. The molecule has 3 aromatic rings. The van der Waals surface area contributed by atoms with Gasteiger partial charge in [-0.05, 0) is 55.7 Å². The van der Waals surface area contributed by atoms with E-state index in [-0.39, 0.29) is 0 Å². The van der Waals surface area contributed by atoms with Crippen molar-refractivity contribution in [1.29, 1.82) is 5.26 Å². The normalized spacial score (nSPS) is 10.5. The molecule has 0 atom stereocenters. The zero-order chi connectivity index (χ0) is 15.7. The Hall–Kier alpha value is -2.86. The lowest BCUT2D eigenvalue weighted by Gasteiger charge is -2.10. The zero-order valence-corrected chi connectivity index (χ0v) is 13.0. The molecular formula is C19H17N3. The minimum absolute atomic E-state index is 0.426. The van der Waals surface area contributed by atoms with Crippen LogP contribution in [0.4, 0.5) is 0 Å². The Morgan fingerprint density at radius 2 is 1.77 bits per heavy atom. The van der Waals surface area contributed by atoms with Gasteiger partial charge in [-0.3, -0.25) is 0 Å². The Labute approximate surface area is 130 Å². The first kappa shape index (κ1) is 14.1. The van der Waals surface area contributed by atoms with Crippen LogP contribution in [0.2, 0.25) is 0 Å². The standard InChI is InChI=1S/C19H17N3/c1-13-5-4-6-18(9-13)22-19(11-17(12-20)21-22)16-8-7-14(2)15(3)10-16/h4-11H,1-3H3. The fourth-order valence-electron chi connectivity index (χ4n) is 2.50. The largest absolute Gasteiger partial charge is 0.232 e. The van der Waals surface area contributed by atoms with Gasteiger partial charge in [0.25, 0.3) is 0 Å². The van der Waals surface area contributed by atoms with Gasteiger partial charge in [0.2, 0.25) is 0 Å². The van der Waals surface area contributed by atoms with Crippen LogP contribution in [-0.2, 0) is 0 Å². The lowest BCUT2D eigenvalue weighted by Crippen LogP contribution is -2.00. The number of hydrogen-bond acceptors (Lipinski definition) is 2. The molecule has 3 rings (SSSR count). The molecule has 0 bridgehead atoms. The second kappa shape index (κ2) is 5.50. The monoisotopic (exact) mass is 287 g/mol. The predicted octanol–water partition coefficient (Wildman–Crippen LogP) is 4.34. The van der Waals surface area contributed by atoms with Crippen LogP contribution in [0.25, 0.3) is 16.9 Å². The summed E-state index contributed by atoms with van der Waals surface area (Å²) < 4.78 is 1.84. The van der Waals surface area contributed by atoms with Crippen molar-refractivity contribution in [3.63, 3.8) is 0 Å². The third-order valence-corrected chi connectivity index (χ3v) is 3.87. The Morgan fingerprint density at radius 3 is 2.45 bits per heavy atom. The van der Waals surface area contributed by atoms with Crippen LogP contribution < -0.4 is 0 Å². The third kappa shape index (κ3) is 2.51. The summed E-state index contributed by atoms with van der Waals surface area (Å²) in [7, 11) is 0. The van der Waals surface area contributed by atoms with E-state index in [1.54, 1.807) is 0 Å². The first-order valence-corrected chi connectivity index (χ1v) is 7.23. The lowest BCUT2D eigenvalue weighted by molar-refractivity contribution is 0.879. The van der Waals surface area contributed by atoms with E-state index in [9.17, 15) is 5.26 Å². The topological polar surface area (TPSA) is 41.6 Å². The van der Waals surface area contributed by atoms with E-state index in [1.165, 1.54) is 11.1 Å². The minimum atomic E-state index is 0.426. The van der Waals surface area contributed by atoms with Gasteiger partial charge < -0.3 is 0 Å². The Morgan fingerprint density at radius 1 is 0.955 bits per heavy atom. The fourth-order valence-corrected chi connectivity index (χ4v) is 2.50. The Kier molecular flexibility index (Phi) is 3.52. The van der Waals surface area contributed by atoms with Crippen LogP contribution >= 0.6 is 0 Å². The zero-order valence-electron chi connectivity index (χ0n) is 13.0. The number of aryl methyl sites for hydroxylation is 3. The Balaban J connectivity index is 2.21. The van der Waals surface area contributed by atoms with Crippen molar-refractivity contribution >= 4 is 0 Å². The molecule has 2 aromatic carbocycles. The fraction of sp³-hybridized carbons (Fsp3) is 0.158. The van der Waals surface area contributed by atoms with E-state index in [0.717, 1.165) is 22.5 Å². The Bertz CT molecular complexity index is 882. The average molecular weight is 287 g/mol.